The van der Waals surface area contributed by atoms with E-state index in [1.54, 1.807) is 18.2 Å². The van der Waals surface area contributed by atoms with Gasteiger partial charge in [-0.3, -0.25) is 4.21 Å². The first-order chi connectivity index (χ1) is 11.5. The minimum absolute atomic E-state index is 0.0116. The molecule has 0 radical (unpaired) electrons. The van der Waals surface area contributed by atoms with Crippen LogP contribution < -0.4 is 5.73 Å². The van der Waals surface area contributed by atoms with Crippen LogP contribution in [0.2, 0.25) is 10.0 Å². The summed E-state index contributed by atoms with van der Waals surface area (Å²) in [5.74, 6) is 0.543. The fourth-order valence-electron chi connectivity index (χ4n) is 2.06. The van der Waals surface area contributed by atoms with Gasteiger partial charge in [-0.25, -0.2) is 4.98 Å². The third kappa shape index (κ3) is 3.90. The summed E-state index contributed by atoms with van der Waals surface area (Å²) in [6.07, 6.45) is 0. The molecular weight excluding hydrogens is 367 g/mol. The standard InChI is InChI=1S/C16H12Cl2N4OS/c17-11-6-7-12(13(18)8-11)14-20-15(19)22-16(21-14)24(23)9-10-4-2-1-3-5-10/h1-8H,9H2,(H2,19,20,21,22). The Morgan fingerprint density at radius 2 is 1.75 bits per heavy atom. The molecule has 1 heterocycles. The van der Waals surface area contributed by atoms with Gasteiger partial charge in [-0.05, 0) is 23.8 Å². The Hall–Kier alpha value is -2.02. The average Bonchev–Trinajstić information content (AvgIpc) is 2.55. The van der Waals surface area contributed by atoms with E-state index in [-0.39, 0.29) is 22.7 Å². The van der Waals surface area contributed by atoms with Crippen LogP contribution in [0.1, 0.15) is 5.56 Å². The van der Waals surface area contributed by atoms with E-state index in [2.05, 4.69) is 15.0 Å². The summed E-state index contributed by atoms with van der Waals surface area (Å²) in [6.45, 7) is 0. The fraction of sp³-hybridized carbons (Fsp3) is 0.0625. The predicted octanol–water partition coefficient (Wildman–Crippen LogP) is 3.74. The molecule has 3 aromatic rings. The van der Waals surface area contributed by atoms with E-state index in [4.69, 9.17) is 28.9 Å². The average molecular weight is 379 g/mol. The topological polar surface area (TPSA) is 81.8 Å². The first-order valence-corrected chi connectivity index (χ1v) is 8.99. The van der Waals surface area contributed by atoms with Gasteiger partial charge in [-0.15, -0.1) is 0 Å². The van der Waals surface area contributed by atoms with E-state index in [1.165, 1.54) is 0 Å². The molecule has 3 rings (SSSR count). The second-order valence-electron chi connectivity index (χ2n) is 4.90. The Labute approximate surface area is 151 Å². The largest absolute Gasteiger partial charge is 0.368 e. The molecule has 1 unspecified atom stereocenters. The molecule has 122 valence electrons. The monoisotopic (exact) mass is 378 g/mol. The molecule has 0 aliphatic carbocycles. The SMILES string of the molecule is Nc1nc(-c2ccc(Cl)cc2Cl)nc(S(=O)Cc2ccccc2)n1. The summed E-state index contributed by atoms with van der Waals surface area (Å²) in [5.41, 5.74) is 7.21. The number of aromatic nitrogens is 3. The highest BCUT2D eigenvalue weighted by molar-refractivity contribution is 7.84. The van der Waals surface area contributed by atoms with Gasteiger partial charge in [-0.1, -0.05) is 53.5 Å². The smallest absolute Gasteiger partial charge is 0.224 e. The maximum Gasteiger partial charge on any atom is 0.224 e. The van der Waals surface area contributed by atoms with Crippen molar-refractivity contribution in [3.8, 4) is 11.4 Å². The molecule has 2 N–H and O–H groups in total. The molecule has 1 aromatic heterocycles. The number of nitrogens with two attached hydrogens (primary N) is 1. The second-order valence-corrected chi connectivity index (χ2v) is 7.09. The molecule has 0 aliphatic heterocycles. The van der Waals surface area contributed by atoms with Crippen LogP contribution in [0.25, 0.3) is 11.4 Å². The van der Waals surface area contributed by atoms with Crippen LogP contribution in [0.15, 0.2) is 53.7 Å². The van der Waals surface area contributed by atoms with Gasteiger partial charge in [0.25, 0.3) is 0 Å². The van der Waals surface area contributed by atoms with Gasteiger partial charge in [0.05, 0.1) is 21.6 Å². The summed E-state index contributed by atoms with van der Waals surface area (Å²) in [6, 6.07) is 14.4. The Morgan fingerprint density at radius 3 is 2.46 bits per heavy atom. The number of anilines is 1. The van der Waals surface area contributed by atoms with E-state index in [0.29, 0.717) is 15.6 Å². The normalized spacial score (nSPS) is 12.1. The number of nitrogen functional groups attached to an aromatic ring is 1. The molecule has 0 saturated heterocycles. The lowest BCUT2D eigenvalue weighted by Crippen LogP contribution is -2.08. The molecule has 0 spiro atoms. The molecule has 0 amide bonds. The molecular formula is C16H12Cl2N4OS. The van der Waals surface area contributed by atoms with Crippen LogP contribution in [0, 0.1) is 0 Å². The van der Waals surface area contributed by atoms with Gasteiger partial charge in [0.15, 0.2) is 5.82 Å². The second kappa shape index (κ2) is 7.25. The van der Waals surface area contributed by atoms with Crippen LogP contribution in [0.5, 0.6) is 0 Å². The van der Waals surface area contributed by atoms with Gasteiger partial charge in [0.1, 0.15) is 0 Å². The third-order valence-corrected chi connectivity index (χ3v) is 4.88. The molecule has 0 saturated carbocycles. The zero-order valence-electron chi connectivity index (χ0n) is 12.3. The maximum atomic E-state index is 12.5. The van der Waals surface area contributed by atoms with Crippen molar-refractivity contribution in [2.45, 2.75) is 10.9 Å². The van der Waals surface area contributed by atoms with Crippen LogP contribution >= 0.6 is 23.2 Å². The molecule has 0 bridgehead atoms. The Morgan fingerprint density at radius 1 is 1.00 bits per heavy atom. The van der Waals surface area contributed by atoms with E-state index < -0.39 is 10.8 Å². The van der Waals surface area contributed by atoms with Crippen molar-refractivity contribution in [2.75, 3.05) is 5.73 Å². The highest BCUT2D eigenvalue weighted by Crippen LogP contribution is 2.28. The highest BCUT2D eigenvalue weighted by Gasteiger charge is 2.15. The molecule has 0 aliphatic rings. The Bertz CT molecular complexity index is 906. The van der Waals surface area contributed by atoms with E-state index in [9.17, 15) is 4.21 Å². The summed E-state index contributed by atoms with van der Waals surface area (Å²) in [4.78, 5) is 12.3. The predicted molar refractivity (Wildman–Crippen MR) is 96.2 cm³/mol. The van der Waals surface area contributed by atoms with Crippen LogP contribution in [0.4, 0.5) is 5.95 Å². The van der Waals surface area contributed by atoms with Gasteiger partial charge in [0, 0.05) is 10.6 Å². The molecule has 1 atom stereocenters. The quantitative estimate of drug-likeness (QED) is 0.747. The Kier molecular flexibility index (Phi) is 5.08. The van der Waals surface area contributed by atoms with Crippen molar-refractivity contribution in [2.24, 2.45) is 0 Å². The summed E-state index contributed by atoms with van der Waals surface area (Å²) in [5, 5.41) is 0.999. The van der Waals surface area contributed by atoms with Crippen LogP contribution in [-0.2, 0) is 16.6 Å². The van der Waals surface area contributed by atoms with Gasteiger partial charge in [0.2, 0.25) is 11.1 Å². The van der Waals surface area contributed by atoms with Gasteiger partial charge in [-0.2, -0.15) is 9.97 Å². The molecule has 8 heteroatoms. The number of hydrogen-bond donors (Lipinski definition) is 1. The van der Waals surface area contributed by atoms with Gasteiger partial charge < -0.3 is 5.73 Å². The number of benzene rings is 2. The number of hydrogen-bond acceptors (Lipinski definition) is 5. The van der Waals surface area contributed by atoms with Crippen molar-refractivity contribution in [3.05, 3.63) is 64.1 Å². The number of nitrogens with zero attached hydrogens (tertiary/aromatic N) is 3. The Balaban J connectivity index is 1.95. The molecule has 2 aromatic carbocycles. The zero-order chi connectivity index (χ0) is 17.1. The highest BCUT2D eigenvalue weighted by atomic mass is 35.5. The van der Waals surface area contributed by atoms with Crippen LogP contribution in [-0.4, -0.2) is 19.2 Å². The summed E-state index contributed by atoms with van der Waals surface area (Å²) >= 11 is 12.1. The lowest BCUT2D eigenvalue weighted by Gasteiger charge is -2.07. The van der Waals surface area contributed by atoms with Crippen molar-refractivity contribution in [1.29, 1.82) is 0 Å². The van der Waals surface area contributed by atoms with E-state index >= 15 is 0 Å². The zero-order valence-corrected chi connectivity index (χ0v) is 14.6. The summed E-state index contributed by atoms with van der Waals surface area (Å²) < 4.78 is 12.5. The van der Waals surface area contributed by atoms with Gasteiger partial charge >= 0.3 is 0 Å². The molecule has 5 nitrogen and oxygen atoms in total. The van der Waals surface area contributed by atoms with E-state index in [0.717, 1.165) is 5.56 Å². The minimum Gasteiger partial charge on any atom is -0.368 e. The van der Waals surface area contributed by atoms with Crippen LogP contribution in [0.3, 0.4) is 0 Å². The molecule has 24 heavy (non-hydrogen) atoms. The minimum atomic E-state index is -1.45. The van der Waals surface area contributed by atoms with E-state index in [1.807, 2.05) is 30.3 Å². The third-order valence-electron chi connectivity index (χ3n) is 3.15. The van der Waals surface area contributed by atoms with Crippen molar-refractivity contribution >= 4 is 39.9 Å². The molecule has 0 fully saturated rings. The fourth-order valence-corrected chi connectivity index (χ4v) is 3.56. The first-order valence-electron chi connectivity index (χ1n) is 6.92. The number of rotatable bonds is 4. The van der Waals surface area contributed by atoms with Crippen molar-refractivity contribution < 1.29 is 4.21 Å². The summed E-state index contributed by atoms with van der Waals surface area (Å²) in [7, 11) is -1.45. The number of halogens is 2. The maximum absolute atomic E-state index is 12.5. The lowest BCUT2D eigenvalue weighted by molar-refractivity contribution is 0.674. The van der Waals surface area contributed by atoms with Crippen molar-refractivity contribution in [1.82, 2.24) is 15.0 Å². The lowest BCUT2D eigenvalue weighted by atomic mass is 10.2. The first kappa shape index (κ1) is 16.8. The van der Waals surface area contributed by atoms with Crippen molar-refractivity contribution in [3.63, 3.8) is 0 Å².